The van der Waals surface area contributed by atoms with Crippen molar-refractivity contribution in [2.24, 2.45) is 5.73 Å². The molecule has 2 heterocycles. The number of alkyl halides is 3. The molecule has 0 aliphatic heterocycles. The molecule has 92 valence electrons. The summed E-state index contributed by atoms with van der Waals surface area (Å²) in [7, 11) is 0. The van der Waals surface area contributed by atoms with Crippen LogP contribution in [0.2, 0.25) is 0 Å². The number of nitrogens with two attached hydrogens (primary N) is 1. The molecule has 0 saturated heterocycles. The molecular weight excluding hydrogens is 269 g/mol. The maximum atomic E-state index is 12.7. The van der Waals surface area contributed by atoms with Crippen LogP contribution in [-0.2, 0) is 5.54 Å². The number of hydrogen-bond donors (Lipinski definition) is 1. The number of rotatable bonds is 2. The second-order valence-electron chi connectivity index (χ2n) is 3.75. The first-order valence-corrected chi connectivity index (χ1v) is 6.49. The summed E-state index contributed by atoms with van der Waals surface area (Å²) in [6.45, 7) is 0.930. The zero-order valence-corrected chi connectivity index (χ0v) is 10.4. The molecule has 2 aromatic rings. The van der Waals surface area contributed by atoms with Crippen molar-refractivity contribution in [2.45, 2.75) is 18.6 Å². The summed E-state index contributed by atoms with van der Waals surface area (Å²) in [6, 6.07) is 1.81. The Kier molecular flexibility index (Phi) is 3.01. The monoisotopic (exact) mass is 278 g/mol. The Bertz CT molecular complexity index is 500. The zero-order chi connectivity index (χ0) is 12.7. The van der Waals surface area contributed by atoms with Gasteiger partial charge in [0.15, 0.2) is 5.54 Å². The van der Waals surface area contributed by atoms with Gasteiger partial charge in [-0.15, -0.1) is 11.3 Å². The molecule has 1 atom stereocenters. The SMILES string of the molecule is CC(N)(c1csc(-c2ccsc2)n1)C(F)(F)F. The molecule has 2 rings (SSSR count). The summed E-state index contributed by atoms with van der Waals surface area (Å²) in [5.41, 5.74) is 3.58. The van der Waals surface area contributed by atoms with E-state index in [1.165, 1.54) is 28.1 Å². The second-order valence-corrected chi connectivity index (χ2v) is 5.39. The molecule has 2 N–H and O–H groups in total. The van der Waals surface area contributed by atoms with E-state index in [-0.39, 0.29) is 5.69 Å². The molecule has 7 heteroatoms. The summed E-state index contributed by atoms with van der Waals surface area (Å²) in [4.78, 5) is 3.97. The highest BCUT2D eigenvalue weighted by molar-refractivity contribution is 7.14. The van der Waals surface area contributed by atoms with Gasteiger partial charge < -0.3 is 5.73 Å². The number of thiophene rings is 1. The van der Waals surface area contributed by atoms with Crippen molar-refractivity contribution < 1.29 is 13.2 Å². The van der Waals surface area contributed by atoms with Crippen LogP contribution in [0.3, 0.4) is 0 Å². The Hall–Kier alpha value is -0.920. The lowest BCUT2D eigenvalue weighted by Crippen LogP contribution is -2.47. The van der Waals surface area contributed by atoms with Gasteiger partial charge in [0.1, 0.15) is 5.01 Å². The lowest BCUT2D eigenvalue weighted by Gasteiger charge is -2.25. The first kappa shape index (κ1) is 12.5. The highest BCUT2D eigenvalue weighted by Crippen LogP contribution is 2.38. The third kappa shape index (κ3) is 2.22. The largest absolute Gasteiger partial charge is 0.411 e. The molecule has 0 radical (unpaired) electrons. The molecule has 0 amide bonds. The highest BCUT2D eigenvalue weighted by atomic mass is 32.1. The molecular formula is C10H9F3N2S2. The minimum Gasteiger partial charge on any atom is -0.313 e. The summed E-state index contributed by atoms with van der Waals surface area (Å²) in [5, 5.41) is 5.61. The lowest BCUT2D eigenvalue weighted by atomic mass is 10.00. The molecule has 0 aliphatic rings. The smallest absolute Gasteiger partial charge is 0.313 e. The topological polar surface area (TPSA) is 38.9 Å². The van der Waals surface area contributed by atoms with Crippen LogP contribution in [0.4, 0.5) is 13.2 Å². The van der Waals surface area contributed by atoms with Crippen LogP contribution in [0.25, 0.3) is 10.6 Å². The van der Waals surface area contributed by atoms with Crippen LogP contribution >= 0.6 is 22.7 Å². The maximum Gasteiger partial charge on any atom is 0.411 e. The quantitative estimate of drug-likeness (QED) is 0.911. The van der Waals surface area contributed by atoms with Crippen molar-refractivity contribution in [2.75, 3.05) is 0 Å². The molecule has 0 aromatic carbocycles. The van der Waals surface area contributed by atoms with E-state index < -0.39 is 11.7 Å². The van der Waals surface area contributed by atoms with E-state index in [0.717, 1.165) is 12.5 Å². The van der Waals surface area contributed by atoms with E-state index in [4.69, 9.17) is 5.73 Å². The summed E-state index contributed by atoms with van der Waals surface area (Å²) in [6.07, 6.45) is -4.51. The Morgan fingerprint density at radius 1 is 1.29 bits per heavy atom. The van der Waals surface area contributed by atoms with Gasteiger partial charge in [-0.05, 0) is 18.4 Å². The molecule has 1 unspecified atom stereocenters. The van der Waals surface area contributed by atoms with E-state index in [9.17, 15) is 13.2 Å². The number of aromatic nitrogens is 1. The molecule has 0 spiro atoms. The third-order valence-corrected chi connectivity index (χ3v) is 3.97. The number of nitrogens with zero attached hydrogens (tertiary/aromatic N) is 1. The van der Waals surface area contributed by atoms with E-state index in [0.29, 0.717) is 5.01 Å². The van der Waals surface area contributed by atoms with Crippen molar-refractivity contribution in [3.05, 3.63) is 27.9 Å². The first-order valence-electron chi connectivity index (χ1n) is 4.66. The lowest BCUT2D eigenvalue weighted by molar-refractivity contribution is -0.185. The van der Waals surface area contributed by atoms with Crippen molar-refractivity contribution in [3.8, 4) is 10.6 Å². The Morgan fingerprint density at radius 3 is 2.53 bits per heavy atom. The summed E-state index contributed by atoms with van der Waals surface area (Å²) in [5.74, 6) is 0. The highest BCUT2D eigenvalue weighted by Gasteiger charge is 2.51. The Labute approximate surface area is 104 Å². The number of hydrogen-bond acceptors (Lipinski definition) is 4. The van der Waals surface area contributed by atoms with Crippen LogP contribution in [0, 0.1) is 0 Å². The molecule has 0 aliphatic carbocycles. The average molecular weight is 278 g/mol. The van der Waals surface area contributed by atoms with Gasteiger partial charge in [0.25, 0.3) is 0 Å². The van der Waals surface area contributed by atoms with Crippen molar-refractivity contribution >= 4 is 22.7 Å². The van der Waals surface area contributed by atoms with Crippen molar-refractivity contribution in [1.82, 2.24) is 4.98 Å². The normalized spacial score (nSPS) is 15.8. The predicted molar refractivity (Wildman–Crippen MR) is 63.0 cm³/mol. The molecule has 0 bridgehead atoms. The molecule has 0 fully saturated rings. The van der Waals surface area contributed by atoms with Crippen LogP contribution in [0.5, 0.6) is 0 Å². The van der Waals surface area contributed by atoms with Gasteiger partial charge in [-0.3, -0.25) is 0 Å². The van der Waals surface area contributed by atoms with Crippen LogP contribution in [0.15, 0.2) is 22.2 Å². The van der Waals surface area contributed by atoms with Gasteiger partial charge in [-0.1, -0.05) is 0 Å². The molecule has 2 aromatic heterocycles. The second kappa shape index (κ2) is 4.08. The van der Waals surface area contributed by atoms with E-state index in [1.54, 1.807) is 0 Å². The standard InChI is InChI=1S/C10H9F3N2S2/c1-9(14,10(11,12)13)7-5-17-8(15-7)6-2-3-16-4-6/h2-5H,14H2,1H3. The van der Waals surface area contributed by atoms with Crippen molar-refractivity contribution in [3.63, 3.8) is 0 Å². The van der Waals surface area contributed by atoms with Crippen LogP contribution < -0.4 is 5.73 Å². The number of thiazole rings is 1. The van der Waals surface area contributed by atoms with Gasteiger partial charge in [0, 0.05) is 16.3 Å². The van der Waals surface area contributed by atoms with E-state index in [2.05, 4.69) is 4.98 Å². The zero-order valence-electron chi connectivity index (χ0n) is 8.78. The van der Waals surface area contributed by atoms with E-state index in [1.807, 2.05) is 16.8 Å². The molecule has 2 nitrogen and oxygen atoms in total. The fraction of sp³-hybridized carbons (Fsp3) is 0.300. The van der Waals surface area contributed by atoms with Gasteiger partial charge in [-0.25, -0.2) is 4.98 Å². The summed E-state index contributed by atoms with van der Waals surface area (Å²) < 4.78 is 38.1. The third-order valence-electron chi connectivity index (χ3n) is 2.39. The number of halogens is 3. The minimum absolute atomic E-state index is 0.142. The Morgan fingerprint density at radius 2 is 2.00 bits per heavy atom. The van der Waals surface area contributed by atoms with Crippen LogP contribution in [-0.4, -0.2) is 11.2 Å². The van der Waals surface area contributed by atoms with Gasteiger partial charge in [-0.2, -0.15) is 24.5 Å². The first-order chi connectivity index (χ1) is 7.82. The van der Waals surface area contributed by atoms with Gasteiger partial charge >= 0.3 is 6.18 Å². The van der Waals surface area contributed by atoms with Crippen LogP contribution in [0.1, 0.15) is 12.6 Å². The fourth-order valence-electron chi connectivity index (χ4n) is 1.18. The minimum atomic E-state index is -4.51. The molecule has 0 saturated carbocycles. The average Bonchev–Trinajstić information content (AvgIpc) is 2.87. The molecule has 17 heavy (non-hydrogen) atoms. The maximum absolute atomic E-state index is 12.7. The Balaban J connectivity index is 2.37. The van der Waals surface area contributed by atoms with Crippen molar-refractivity contribution in [1.29, 1.82) is 0 Å². The van der Waals surface area contributed by atoms with Gasteiger partial charge in [0.2, 0.25) is 0 Å². The predicted octanol–water partition coefficient (Wildman–Crippen LogP) is 3.61. The fourth-order valence-corrected chi connectivity index (χ4v) is 2.83. The van der Waals surface area contributed by atoms with Gasteiger partial charge in [0.05, 0.1) is 5.69 Å². The van der Waals surface area contributed by atoms with E-state index >= 15 is 0 Å². The summed E-state index contributed by atoms with van der Waals surface area (Å²) >= 11 is 2.64.